The van der Waals surface area contributed by atoms with E-state index in [1.54, 1.807) is 0 Å². The quantitative estimate of drug-likeness (QED) is 0.544. The molecule has 0 saturated heterocycles. The van der Waals surface area contributed by atoms with E-state index in [1.165, 1.54) is 6.07 Å². The number of carbonyl (C=O) groups is 2. The first-order chi connectivity index (χ1) is 13.9. The molecule has 7 heteroatoms. The molecule has 30 heavy (non-hydrogen) atoms. The summed E-state index contributed by atoms with van der Waals surface area (Å²) in [6, 6.07) is 1.19. The molecule has 1 spiro atoms. The van der Waals surface area contributed by atoms with Gasteiger partial charge in [0.2, 0.25) is 0 Å². The van der Waals surface area contributed by atoms with Crippen LogP contribution in [-0.4, -0.2) is 50.5 Å². The molecule has 7 nitrogen and oxygen atoms in total. The maximum atomic E-state index is 12.0. The summed E-state index contributed by atoms with van der Waals surface area (Å²) in [4.78, 5) is 23.5. The Morgan fingerprint density at radius 1 is 1.23 bits per heavy atom. The Morgan fingerprint density at radius 2 is 1.90 bits per heavy atom. The van der Waals surface area contributed by atoms with E-state index in [4.69, 9.17) is 4.74 Å². The number of fused-ring (bicyclic) bond motifs is 3. The molecule has 1 aliphatic heterocycles. The second-order valence-corrected chi connectivity index (χ2v) is 10.2. The SMILES string of the molecule is CC1CCC2C(C)(C)C(O)C(O)CC2(C)C12Cc1c(O)cc(C=O)c(C(=O)O)c1O2. The number of carboxylic acids is 1. The number of benzene rings is 1. The monoisotopic (exact) mass is 418 g/mol. The highest BCUT2D eigenvalue weighted by atomic mass is 16.5. The molecule has 2 fully saturated rings. The third kappa shape index (κ3) is 2.45. The van der Waals surface area contributed by atoms with Gasteiger partial charge in [0.25, 0.3) is 0 Å². The van der Waals surface area contributed by atoms with Crippen LogP contribution in [0.15, 0.2) is 6.07 Å². The van der Waals surface area contributed by atoms with Gasteiger partial charge in [0.1, 0.15) is 22.7 Å². The molecule has 4 N–H and O–H groups in total. The summed E-state index contributed by atoms with van der Waals surface area (Å²) < 4.78 is 6.52. The molecular weight excluding hydrogens is 388 g/mol. The van der Waals surface area contributed by atoms with Crippen LogP contribution in [0.3, 0.4) is 0 Å². The van der Waals surface area contributed by atoms with Crippen molar-refractivity contribution in [3.63, 3.8) is 0 Å². The number of aliphatic hydroxyl groups is 2. The van der Waals surface area contributed by atoms with Crippen LogP contribution in [0.2, 0.25) is 0 Å². The van der Waals surface area contributed by atoms with Gasteiger partial charge in [0.15, 0.2) is 6.29 Å². The Kier molecular flexibility index (Phi) is 4.53. The maximum absolute atomic E-state index is 12.0. The second kappa shape index (κ2) is 6.44. The molecule has 0 amide bonds. The lowest BCUT2D eigenvalue weighted by Gasteiger charge is -2.64. The smallest absolute Gasteiger partial charge is 0.340 e. The summed E-state index contributed by atoms with van der Waals surface area (Å²) in [7, 11) is 0. The summed E-state index contributed by atoms with van der Waals surface area (Å²) in [5, 5.41) is 41.8. The third-order valence-corrected chi connectivity index (χ3v) is 8.53. The minimum absolute atomic E-state index is 0.0186. The number of carboxylic acid groups (broad SMARTS) is 1. The molecule has 4 rings (SSSR count). The van der Waals surface area contributed by atoms with E-state index in [-0.39, 0.29) is 34.5 Å². The zero-order valence-corrected chi connectivity index (χ0v) is 17.8. The van der Waals surface area contributed by atoms with Crippen LogP contribution in [-0.2, 0) is 6.42 Å². The van der Waals surface area contributed by atoms with Gasteiger partial charge in [-0.3, -0.25) is 4.79 Å². The van der Waals surface area contributed by atoms with Crippen molar-refractivity contribution in [1.82, 2.24) is 0 Å². The molecular formula is C23H30O7. The number of phenolic OH excluding ortho intramolecular Hbond substituents is 1. The molecule has 0 bridgehead atoms. The Labute approximate surface area is 175 Å². The molecule has 2 aliphatic carbocycles. The van der Waals surface area contributed by atoms with Gasteiger partial charge in [-0.05, 0) is 42.6 Å². The number of aldehydes is 1. The fourth-order valence-electron chi connectivity index (χ4n) is 6.96. The van der Waals surface area contributed by atoms with E-state index < -0.39 is 34.6 Å². The van der Waals surface area contributed by atoms with E-state index in [9.17, 15) is 30.0 Å². The number of hydrogen-bond donors (Lipinski definition) is 4. The topological polar surface area (TPSA) is 124 Å². The van der Waals surface area contributed by atoms with Crippen molar-refractivity contribution in [3.05, 3.63) is 22.8 Å². The Balaban J connectivity index is 1.91. The van der Waals surface area contributed by atoms with Crippen molar-refractivity contribution in [1.29, 1.82) is 0 Å². The van der Waals surface area contributed by atoms with E-state index in [2.05, 4.69) is 6.92 Å². The van der Waals surface area contributed by atoms with E-state index in [1.807, 2.05) is 20.8 Å². The van der Waals surface area contributed by atoms with Crippen LogP contribution < -0.4 is 4.74 Å². The minimum atomic E-state index is -1.28. The van der Waals surface area contributed by atoms with E-state index in [0.717, 1.165) is 12.8 Å². The maximum Gasteiger partial charge on any atom is 0.340 e. The first-order valence-electron chi connectivity index (χ1n) is 10.5. The average Bonchev–Trinajstić information content (AvgIpc) is 3.07. The molecule has 0 radical (unpaired) electrons. The zero-order valence-electron chi connectivity index (χ0n) is 17.8. The highest BCUT2D eigenvalue weighted by molar-refractivity contribution is 6.01. The molecule has 6 atom stereocenters. The van der Waals surface area contributed by atoms with Crippen LogP contribution in [0.1, 0.15) is 73.2 Å². The van der Waals surface area contributed by atoms with Crippen LogP contribution in [0.4, 0.5) is 0 Å². The van der Waals surface area contributed by atoms with Crippen molar-refractivity contribution < 1.29 is 34.8 Å². The standard InChI is InChI=1S/C23H30O7/c1-11-5-6-16-21(2,3)19(27)15(26)9-22(16,4)23(11)8-13-14(25)7-12(10-24)17(20(28)29)18(13)30-23/h7,10-11,15-16,19,25-27H,5-6,8-9H2,1-4H3,(H,28,29). The van der Waals surface area contributed by atoms with Crippen molar-refractivity contribution in [2.45, 2.75) is 71.2 Å². The molecule has 0 aromatic heterocycles. The highest BCUT2D eigenvalue weighted by Gasteiger charge is 2.68. The molecule has 2 saturated carbocycles. The van der Waals surface area contributed by atoms with Gasteiger partial charge in [-0.2, -0.15) is 0 Å². The number of aliphatic hydroxyl groups excluding tert-OH is 2. The van der Waals surface area contributed by atoms with Gasteiger partial charge in [0, 0.05) is 23.0 Å². The van der Waals surface area contributed by atoms with Crippen molar-refractivity contribution in [2.75, 3.05) is 0 Å². The summed E-state index contributed by atoms with van der Waals surface area (Å²) >= 11 is 0. The normalized spacial score (nSPS) is 39.1. The number of carbonyl (C=O) groups excluding carboxylic acids is 1. The first-order valence-corrected chi connectivity index (χ1v) is 10.5. The second-order valence-electron chi connectivity index (χ2n) is 10.2. The summed E-state index contributed by atoms with van der Waals surface area (Å²) in [6.07, 6.45) is 0.877. The van der Waals surface area contributed by atoms with Gasteiger partial charge in [-0.15, -0.1) is 0 Å². The van der Waals surface area contributed by atoms with Crippen LogP contribution in [0.5, 0.6) is 11.5 Å². The first kappa shape index (κ1) is 21.1. The summed E-state index contributed by atoms with van der Waals surface area (Å²) in [6.45, 7) is 8.02. The van der Waals surface area contributed by atoms with Gasteiger partial charge >= 0.3 is 5.97 Å². The number of ether oxygens (including phenoxy) is 1. The van der Waals surface area contributed by atoms with E-state index >= 15 is 0 Å². The fourth-order valence-corrected chi connectivity index (χ4v) is 6.96. The average molecular weight is 418 g/mol. The van der Waals surface area contributed by atoms with Crippen molar-refractivity contribution >= 4 is 12.3 Å². The van der Waals surface area contributed by atoms with E-state index in [0.29, 0.717) is 24.7 Å². The Hall–Kier alpha value is -2.12. The van der Waals surface area contributed by atoms with Gasteiger partial charge < -0.3 is 25.2 Å². The van der Waals surface area contributed by atoms with Crippen LogP contribution in [0, 0.1) is 22.7 Å². The predicted molar refractivity (Wildman–Crippen MR) is 108 cm³/mol. The number of aromatic carboxylic acids is 1. The number of hydrogen-bond acceptors (Lipinski definition) is 6. The highest BCUT2D eigenvalue weighted by Crippen LogP contribution is 2.66. The molecule has 164 valence electrons. The van der Waals surface area contributed by atoms with Crippen LogP contribution >= 0.6 is 0 Å². The lowest BCUT2D eigenvalue weighted by atomic mass is 9.43. The molecule has 1 heterocycles. The van der Waals surface area contributed by atoms with Crippen LogP contribution in [0.25, 0.3) is 0 Å². The number of phenols is 1. The molecule has 3 aliphatic rings. The number of rotatable bonds is 2. The zero-order chi connectivity index (χ0) is 22.2. The third-order valence-electron chi connectivity index (χ3n) is 8.53. The van der Waals surface area contributed by atoms with Gasteiger partial charge in [-0.25, -0.2) is 4.79 Å². The molecule has 6 unspecified atom stereocenters. The van der Waals surface area contributed by atoms with Gasteiger partial charge in [0.05, 0.1) is 12.2 Å². The minimum Gasteiger partial charge on any atom is -0.508 e. The Morgan fingerprint density at radius 3 is 2.50 bits per heavy atom. The van der Waals surface area contributed by atoms with Crippen molar-refractivity contribution in [3.8, 4) is 11.5 Å². The lowest BCUT2D eigenvalue weighted by Crippen LogP contribution is -2.69. The van der Waals surface area contributed by atoms with Gasteiger partial charge in [-0.1, -0.05) is 27.7 Å². The number of aromatic hydroxyl groups is 1. The molecule has 1 aromatic carbocycles. The predicted octanol–water partition coefficient (Wildman–Crippen LogP) is 2.78. The molecule has 1 aromatic rings. The fraction of sp³-hybridized carbons (Fsp3) is 0.652. The largest absolute Gasteiger partial charge is 0.508 e. The summed E-state index contributed by atoms with van der Waals surface area (Å²) in [5.74, 6) is -1.34. The summed E-state index contributed by atoms with van der Waals surface area (Å²) in [5.41, 5.74) is -1.97. The van der Waals surface area contributed by atoms with Crippen molar-refractivity contribution in [2.24, 2.45) is 22.7 Å². The Bertz CT molecular complexity index is 923. The lowest BCUT2D eigenvalue weighted by molar-refractivity contribution is -0.240.